The number of nitrogens with zero attached hydrogens (tertiary/aromatic N) is 1. The third kappa shape index (κ3) is 5.38. The zero-order valence-corrected chi connectivity index (χ0v) is 14.3. The van der Waals surface area contributed by atoms with Crippen LogP contribution in [0, 0.1) is 0 Å². The van der Waals surface area contributed by atoms with Crippen LogP contribution in [0.4, 0.5) is 0 Å². The average molecular weight is 354 g/mol. The van der Waals surface area contributed by atoms with Gasteiger partial charge in [-0.15, -0.1) is 47.5 Å². The van der Waals surface area contributed by atoms with Gasteiger partial charge in [-0.2, -0.15) is 0 Å². The molecule has 4 nitrogen and oxygen atoms in total. The van der Waals surface area contributed by atoms with E-state index in [9.17, 15) is 4.79 Å². The third-order valence-corrected chi connectivity index (χ3v) is 4.05. The van der Waals surface area contributed by atoms with E-state index in [1.807, 2.05) is 31.4 Å². The summed E-state index contributed by atoms with van der Waals surface area (Å²) < 4.78 is 0. The van der Waals surface area contributed by atoms with E-state index >= 15 is 0 Å². The molecule has 1 amide bonds. The Balaban J connectivity index is 0.00000180. The molecule has 0 spiro atoms. The van der Waals surface area contributed by atoms with Crippen LogP contribution in [0.1, 0.15) is 24.3 Å². The minimum Gasteiger partial charge on any atom is -0.349 e. The monoisotopic (exact) mass is 353 g/mol. The molecule has 3 N–H and O–H groups in total. The van der Waals surface area contributed by atoms with E-state index in [2.05, 4.69) is 10.3 Å². The second kappa shape index (κ2) is 7.95. The first kappa shape index (κ1) is 19.3. The van der Waals surface area contributed by atoms with Crippen molar-refractivity contribution in [3.05, 3.63) is 28.6 Å². The number of aromatic nitrogens is 1. The summed E-state index contributed by atoms with van der Waals surface area (Å²) in [6, 6.07) is 3.96. The molecule has 0 radical (unpaired) electrons. The number of nitrogens with one attached hydrogen (secondary N) is 1. The number of nitrogens with two attached hydrogens (primary N) is 1. The van der Waals surface area contributed by atoms with Crippen LogP contribution in [0.25, 0.3) is 9.88 Å². The fourth-order valence-corrected chi connectivity index (χ4v) is 2.90. The first-order valence-electron chi connectivity index (χ1n) is 5.52. The molecule has 8 heteroatoms. The summed E-state index contributed by atoms with van der Waals surface area (Å²) >= 11 is 3.09. The van der Waals surface area contributed by atoms with E-state index in [4.69, 9.17) is 5.73 Å². The second-order valence-electron chi connectivity index (χ2n) is 4.69. The van der Waals surface area contributed by atoms with Crippen molar-refractivity contribution in [3.63, 3.8) is 0 Å². The van der Waals surface area contributed by atoms with Crippen molar-refractivity contribution in [2.24, 2.45) is 5.73 Å². The summed E-state index contributed by atoms with van der Waals surface area (Å²) in [5, 5.41) is 7.42. The molecule has 0 aromatic carbocycles. The molecule has 20 heavy (non-hydrogen) atoms. The molecule has 112 valence electrons. The summed E-state index contributed by atoms with van der Waals surface area (Å²) in [5.74, 6) is -0.174. The summed E-state index contributed by atoms with van der Waals surface area (Å²) in [5.41, 5.74) is 5.85. The number of thiazole rings is 1. The largest absolute Gasteiger partial charge is 0.349 e. The van der Waals surface area contributed by atoms with E-state index in [0.717, 1.165) is 9.88 Å². The number of hydrogen-bond donors (Lipinski definition) is 2. The van der Waals surface area contributed by atoms with E-state index in [1.165, 1.54) is 11.3 Å². The molecule has 0 saturated carbocycles. The Morgan fingerprint density at radius 2 is 2.10 bits per heavy atom. The number of hydrogen-bond acceptors (Lipinski definition) is 5. The van der Waals surface area contributed by atoms with Crippen molar-refractivity contribution in [2.75, 3.05) is 6.54 Å². The molecular formula is C12H17Cl2N3OS2. The standard InChI is InChI=1S/C12H15N3OS2.2ClH/c1-12(2,13)7-14-10(16)8-6-18-11(15-8)9-4-3-5-17-9;;/h3-6H,7,13H2,1-2H3,(H,14,16);2*1H. The molecule has 2 aromatic heterocycles. The Labute approximate surface area is 138 Å². The van der Waals surface area contributed by atoms with Crippen molar-refractivity contribution in [2.45, 2.75) is 19.4 Å². The van der Waals surface area contributed by atoms with Crippen LogP contribution in [0.3, 0.4) is 0 Å². The third-order valence-electron chi connectivity index (χ3n) is 2.17. The van der Waals surface area contributed by atoms with Gasteiger partial charge in [-0.1, -0.05) is 6.07 Å². The number of amides is 1. The van der Waals surface area contributed by atoms with Crippen LogP contribution in [-0.2, 0) is 0 Å². The maximum Gasteiger partial charge on any atom is 0.270 e. The maximum atomic E-state index is 11.9. The molecule has 0 bridgehead atoms. The Bertz CT molecular complexity index is 535. The quantitative estimate of drug-likeness (QED) is 0.886. The van der Waals surface area contributed by atoms with E-state index in [0.29, 0.717) is 12.2 Å². The summed E-state index contributed by atoms with van der Waals surface area (Å²) in [4.78, 5) is 17.3. The Kier molecular flexibility index (Phi) is 7.69. The molecule has 0 aliphatic rings. The minimum absolute atomic E-state index is 0. The fraction of sp³-hybridized carbons (Fsp3) is 0.333. The van der Waals surface area contributed by atoms with Crippen LogP contribution in [-0.4, -0.2) is 23.0 Å². The van der Waals surface area contributed by atoms with E-state index in [-0.39, 0.29) is 30.7 Å². The number of rotatable bonds is 4. The number of carbonyl (C=O) groups is 1. The molecule has 0 atom stereocenters. The van der Waals surface area contributed by atoms with Crippen molar-refractivity contribution in [3.8, 4) is 9.88 Å². The zero-order valence-electron chi connectivity index (χ0n) is 11.1. The normalized spacial score (nSPS) is 10.3. The molecular weight excluding hydrogens is 337 g/mol. The lowest BCUT2D eigenvalue weighted by Crippen LogP contribution is -2.45. The van der Waals surface area contributed by atoms with Crippen molar-refractivity contribution < 1.29 is 4.79 Å². The van der Waals surface area contributed by atoms with Crippen molar-refractivity contribution in [1.29, 1.82) is 0 Å². The van der Waals surface area contributed by atoms with Gasteiger partial charge in [-0.25, -0.2) is 4.98 Å². The molecule has 2 heterocycles. The topological polar surface area (TPSA) is 68.0 Å². The summed E-state index contributed by atoms with van der Waals surface area (Å²) in [7, 11) is 0. The molecule has 0 saturated heterocycles. The highest BCUT2D eigenvalue weighted by atomic mass is 35.5. The van der Waals surface area contributed by atoms with Crippen LogP contribution >= 0.6 is 47.5 Å². The lowest BCUT2D eigenvalue weighted by molar-refractivity contribution is 0.0942. The van der Waals surface area contributed by atoms with Gasteiger partial charge in [0.2, 0.25) is 0 Å². The van der Waals surface area contributed by atoms with Gasteiger partial charge in [0.25, 0.3) is 5.91 Å². The average Bonchev–Trinajstić information content (AvgIpc) is 2.94. The van der Waals surface area contributed by atoms with Crippen LogP contribution in [0.5, 0.6) is 0 Å². The Morgan fingerprint density at radius 3 is 2.65 bits per heavy atom. The highest BCUT2D eigenvalue weighted by Gasteiger charge is 2.16. The Hall–Kier alpha value is -0.660. The van der Waals surface area contributed by atoms with Gasteiger partial charge in [0.05, 0.1) is 4.88 Å². The summed E-state index contributed by atoms with van der Waals surface area (Å²) in [6.45, 7) is 4.16. The highest BCUT2D eigenvalue weighted by molar-refractivity contribution is 7.20. The van der Waals surface area contributed by atoms with Gasteiger partial charge in [-0.05, 0) is 25.3 Å². The Morgan fingerprint density at radius 1 is 1.40 bits per heavy atom. The van der Waals surface area contributed by atoms with Crippen LogP contribution in [0.15, 0.2) is 22.9 Å². The van der Waals surface area contributed by atoms with Gasteiger partial charge in [0.1, 0.15) is 10.7 Å². The zero-order chi connectivity index (χ0) is 13.2. The highest BCUT2D eigenvalue weighted by Crippen LogP contribution is 2.27. The smallest absolute Gasteiger partial charge is 0.270 e. The first-order valence-corrected chi connectivity index (χ1v) is 7.28. The number of halogens is 2. The predicted molar refractivity (Wildman–Crippen MR) is 90.5 cm³/mol. The van der Waals surface area contributed by atoms with E-state index < -0.39 is 5.54 Å². The minimum atomic E-state index is -0.414. The summed E-state index contributed by atoms with van der Waals surface area (Å²) in [6.07, 6.45) is 0. The lowest BCUT2D eigenvalue weighted by Gasteiger charge is -2.18. The molecule has 2 rings (SSSR count). The molecule has 2 aromatic rings. The second-order valence-corrected chi connectivity index (χ2v) is 6.49. The maximum absolute atomic E-state index is 11.9. The van der Waals surface area contributed by atoms with Gasteiger partial charge in [0, 0.05) is 17.5 Å². The van der Waals surface area contributed by atoms with Gasteiger partial charge >= 0.3 is 0 Å². The fourth-order valence-electron chi connectivity index (χ4n) is 1.29. The number of thiophene rings is 1. The van der Waals surface area contributed by atoms with E-state index in [1.54, 1.807) is 16.7 Å². The van der Waals surface area contributed by atoms with Crippen molar-refractivity contribution >= 4 is 53.4 Å². The SMILES string of the molecule is CC(C)(N)CNC(=O)c1csc(-c2cccs2)n1.Cl.Cl. The van der Waals surface area contributed by atoms with Crippen molar-refractivity contribution in [1.82, 2.24) is 10.3 Å². The predicted octanol–water partition coefficient (Wildman–Crippen LogP) is 3.18. The van der Waals surface area contributed by atoms with Crippen LogP contribution < -0.4 is 11.1 Å². The lowest BCUT2D eigenvalue weighted by atomic mass is 10.1. The van der Waals surface area contributed by atoms with Crippen LogP contribution in [0.2, 0.25) is 0 Å². The first-order chi connectivity index (χ1) is 8.46. The van der Waals surface area contributed by atoms with Gasteiger partial charge in [-0.3, -0.25) is 4.79 Å². The molecule has 0 aliphatic carbocycles. The van der Waals surface area contributed by atoms with Gasteiger partial charge in [0.15, 0.2) is 0 Å². The number of carbonyl (C=O) groups excluding carboxylic acids is 1. The molecule has 0 fully saturated rings. The van der Waals surface area contributed by atoms with Gasteiger partial charge < -0.3 is 11.1 Å². The molecule has 0 unspecified atom stereocenters. The molecule has 0 aliphatic heterocycles.